The van der Waals surface area contributed by atoms with Gasteiger partial charge >= 0.3 is 6.03 Å². The van der Waals surface area contributed by atoms with E-state index in [9.17, 15) is 28.8 Å². The van der Waals surface area contributed by atoms with Gasteiger partial charge in [0.25, 0.3) is 5.91 Å². The van der Waals surface area contributed by atoms with Crippen LogP contribution in [0.15, 0.2) is 0 Å². The lowest BCUT2D eigenvalue weighted by atomic mass is 9.84. The summed E-state index contributed by atoms with van der Waals surface area (Å²) in [7, 11) is 1.64. The number of nitrogens with zero attached hydrogens (tertiary/aromatic N) is 2. The van der Waals surface area contributed by atoms with E-state index in [0.29, 0.717) is 0 Å². The largest absolute Gasteiger partial charge is 0.363 e. The van der Waals surface area contributed by atoms with Crippen molar-refractivity contribution in [2.75, 3.05) is 20.1 Å². The fraction of sp³-hybridized carbons (Fsp3) is 0.829. The third kappa shape index (κ3) is 17.5. The molecule has 0 spiro atoms. The fourth-order valence-corrected chi connectivity index (χ4v) is 4.59. The molecule has 1 saturated heterocycles. The zero-order valence-electron chi connectivity index (χ0n) is 32.7. The van der Waals surface area contributed by atoms with Gasteiger partial charge in [0.15, 0.2) is 0 Å². The number of amides is 6. The average Bonchev–Trinajstić information content (AvgIpc) is 3.31. The van der Waals surface area contributed by atoms with Gasteiger partial charge in [0.05, 0.1) is 12.6 Å². The fourth-order valence-electron chi connectivity index (χ4n) is 4.59. The molecular weight excluding hydrogens is 600 g/mol. The second kappa shape index (κ2) is 23.2. The summed E-state index contributed by atoms with van der Waals surface area (Å²) in [4.78, 5) is 78.4. The zero-order valence-corrected chi connectivity index (χ0v) is 32.7. The van der Waals surface area contributed by atoms with Crippen LogP contribution in [0.1, 0.15) is 117 Å². The second-order valence-corrected chi connectivity index (χ2v) is 14.3. The van der Waals surface area contributed by atoms with Crippen LogP contribution in [0.5, 0.6) is 0 Å². The first kappa shape index (κ1) is 48.2. The molecular formula is C35H70N6O6. The third-order valence-corrected chi connectivity index (χ3v) is 7.28. The van der Waals surface area contributed by atoms with Crippen molar-refractivity contribution in [3.8, 4) is 0 Å². The van der Waals surface area contributed by atoms with Gasteiger partial charge in [0.1, 0.15) is 12.1 Å². The highest BCUT2D eigenvalue weighted by molar-refractivity contribution is 6.37. The Morgan fingerprint density at radius 1 is 0.894 bits per heavy atom. The molecule has 12 heteroatoms. The molecule has 0 bridgehead atoms. The first-order valence-electron chi connectivity index (χ1n) is 17.2. The summed E-state index contributed by atoms with van der Waals surface area (Å²) < 4.78 is 0. The molecule has 0 aromatic heterocycles. The molecule has 6 amide bonds. The maximum atomic E-state index is 13.9. The molecule has 1 aliphatic heterocycles. The summed E-state index contributed by atoms with van der Waals surface area (Å²) in [6.07, 6.45) is 1.25. The van der Waals surface area contributed by atoms with E-state index in [4.69, 9.17) is 5.73 Å². The lowest BCUT2D eigenvalue weighted by Crippen LogP contribution is -2.60. The molecule has 0 aromatic rings. The molecule has 0 saturated carbocycles. The van der Waals surface area contributed by atoms with Crippen LogP contribution in [-0.4, -0.2) is 89.5 Å². The van der Waals surface area contributed by atoms with Gasteiger partial charge < -0.3 is 31.5 Å². The number of urea groups is 1. The molecule has 1 aliphatic rings. The number of nitrogens with one attached hydrogen (secondary N) is 3. The van der Waals surface area contributed by atoms with Crippen molar-refractivity contribution in [3.05, 3.63) is 0 Å². The minimum absolute atomic E-state index is 0.0181. The van der Waals surface area contributed by atoms with Crippen molar-refractivity contribution in [2.24, 2.45) is 34.8 Å². The lowest BCUT2D eigenvalue weighted by Gasteiger charge is -2.36. The maximum absolute atomic E-state index is 13.9. The Morgan fingerprint density at radius 2 is 1.34 bits per heavy atom. The van der Waals surface area contributed by atoms with Crippen molar-refractivity contribution >= 4 is 35.4 Å². The minimum atomic E-state index is -1.16. The molecule has 0 aromatic carbocycles. The minimum Gasteiger partial charge on any atom is -0.363 e. The van der Waals surface area contributed by atoms with Gasteiger partial charge in [-0.2, -0.15) is 0 Å². The SMILES string of the molecule is CC.CC(C)C.CC(NC(=O)C1C(C)C(C(C)C)CN1C(=O)C(NC(=O)NCC(=O)N(C)C(C)C)C(C)(C)C)C(=O)C(N)=O.CCC. The number of nitrogens with two attached hydrogens (primary N) is 1. The number of ketones is 1. The summed E-state index contributed by atoms with van der Waals surface area (Å²) >= 11 is 0. The Kier molecular flexibility index (Phi) is 23.8. The summed E-state index contributed by atoms with van der Waals surface area (Å²) in [5, 5.41) is 7.73. The standard InChI is InChI=1S/C26H46N6O6.C4H10.C3H8.C2H6/c1-13(2)17-12-32(19(15(17)5)23(36)29-16(6)20(34)22(27)35)24(37)21(26(7,8)9)30-25(38)28-11-18(33)31(10)14(3)4;1-4(2)3;1-3-2;1-2/h13-17,19,21H,11-12H2,1-10H3,(H2,27,35)(H,29,36)(H2,28,30,38);4H,1-3H3;3H2,1-2H3;1-2H3. The normalized spacial score (nSPS) is 18.3. The zero-order chi connectivity index (χ0) is 38.0. The molecule has 1 heterocycles. The molecule has 5 N–H and O–H groups in total. The first-order valence-corrected chi connectivity index (χ1v) is 17.2. The van der Waals surface area contributed by atoms with Crippen LogP contribution in [-0.2, 0) is 24.0 Å². The highest BCUT2D eigenvalue weighted by Crippen LogP contribution is 2.36. The van der Waals surface area contributed by atoms with Crippen molar-refractivity contribution in [1.82, 2.24) is 25.8 Å². The van der Waals surface area contributed by atoms with Gasteiger partial charge in [-0.1, -0.05) is 96.4 Å². The van der Waals surface area contributed by atoms with Crippen molar-refractivity contribution in [2.45, 2.75) is 141 Å². The van der Waals surface area contributed by atoms with E-state index >= 15 is 0 Å². The van der Waals surface area contributed by atoms with Crippen molar-refractivity contribution < 1.29 is 28.8 Å². The number of Topliss-reactive ketones (excluding diaryl/α,β-unsaturated/α-hetero) is 1. The van der Waals surface area contributed by atoms with E-state index < -0.39 is 53.1 Å². The van der Waals surface area contributed by atoms with E-state index in [0.717, 1.165) is 5.92 Å². The van der Waals surface area contributed by atoms with Crippen LogP contribution in [0, 0.1) is 29.1 Å². The van der Waals surface area contributed by atoms with Crippen LogP contribution in [0.4, 0.5) is 4.79 Å². The van der Waals surface area contributed by atoms with Crippen LogP contribution < -0.4 is 21.7 Å². The van der Waals surface area contributed by atoms with Gasteiger partial charge in [0.2, 0.25) is 23.5 Å². The molecule has 12 nitrogen and oxygen atoms in total. The Hall–Kier alpha value is -3.18. The lowest BCUT2D eigenvalue weighted by molar-refractivity contribution is -0.144. The highest BCUT2D eigenvalue weighted by atomic mass is 16.2. The average molecular weight is 671 g/mol. The summed E-state index contributed by atoms with van der Waals surface area (Å²) in [5.74, 6) is -2.70. The number of likely N-dealkylation sites (N-methyl/N-ethyl adjacent to an activating group) is 1. The van der Waals surface area contributed by atoms with E-state index in [1.54, 1.807) is 27.8 Å². The van der Waals surface area contributed by atoms with E-state index in [-0.39, 0.29) is 42.8 Å². The van der Waals surface area contributed by atoms with Gasteiger partial charge in [-0.05, 0) is 49.9 Å². The number of carbonyl (C=O) groups is 6. The van der Waals surface area contributed by atoms with Crippen molar-refractivity contribution in [3.63, 3.8) is 0 Å². The Morgan fingerprint density at radius 3 is 1.70 bits per heavy atom. The maximum Gasteiger partial charge on any atom is 0.315 e. The van der Waals surface area contributed by atoms with Crippen LogP contribution in [0.3, 0.4) is 0 Å². The summed E-state index contributed by atoms with van der Waals surface area (Å²) in [6.45, 7) is 31.1. The van der Waals surface area contributed by atoms with Gasteiger partial charge in [-0.3, -0.25) is 24.0 Å². The molecule has 0 radical (unpaired) electrons. The predicted molar refractivity (Wildman–Crippen MR) is 190 cm³/mol. The number of likely N-dealkylation sites (tertiary alicyclic amines) is 1. The molecule has 5 atom stereocenters. The van der Waals surface area contributed by atoms with Gasteiger partial charge in [-0.25, -0.2) is 4.79 Å². The number of carbonyl (C=O) groups excluding carboxylic acids is 6. The topological polar surface area (TPSA) is 171 Å². The Labute approximate surface area is 286 Å². The summed E-state index contributed by atoms with van der Waals surface area (Å²) in [6, 6.07) is -3.80. The number of hydrogen-bond acceptors (Lipinski definition) is 6. The van der Waals surface area contributed by atoms with Crippen LogP contribution >= 0.6 is 0 Å². The number of primary amides is 1. The molecule has 1 fully saturated rings. The molecule has 276 valence electrons. The van der Waals surface area contributed by atoms with Crippen LogP contribution in [0.2, 0.25) is 0 Å². The number of hydrogen-bond donors (Lipinski definition) is 4. The Bertz CT molecular complexity index is 989. The molecule has 5 unspecified atom stereocenters. The van der Waals surface area contributed by atoms with Gasteiger partial charge in [0, 0.05) is 19.6 Å². The first-order chi connectivity index (χ1) is 21.5. The summed E-state index contributed by atoms with van der Waals surface area (Å²) in [5.41, 5.74) is 4.33. The van der Waals surface area contributed by atoms with Gasteiger partial charge in [-0.15, -0.1) is 0 Å². The quantitative estimate of drug-likeness (QED) is 0.252. The number of rotatable bonds is 10. The monoisotopic (exact) mass is 671 g/mol. The molecule has 47 heavy (non-hydrogen) atoms. The van der Waals surface area contributed by atoms with E-state index in [1.807, 2.05) is 48.5 Å². The third-order valence-electron chi connectivity index (χ3n) is 7.28. The van der Waals surface area contributed by atoms with Crippen LogP contribution in [0.25, 0.3) is 0 Å². The molecule has 1 rings (SSSR count). The second-order valence-electron chi connectivity index (χ2n) is 14.3. The van der Waals surface area contributed by atoms with Crippen molar-refractivity contribution in [1.29, 1.82) is 0 Å². The van der Waals surface area contributed by atoms with E-state index in [1.165, 1.54) is 23.1 Å². The smallest absolute Gasteiger partial charge is 0.315 e. The predicted octanol–water partition coefficient (Wildman–Crippen LogP) is 4.35. The highest BCUT2D eigenvalue weighted by Gasteiger charge is 2.49. The molecule has 0 aliphatic carbocycles. The Balaban J connectivity index is -0.00000192. The van der Waals surface area contributed by atoms with E-state index in [2.05, 4.69) is 50.6 Å².